The number of methoxy groups -OCH3 is 1. The summed E-state index contributed by atoms with van der Waals surface area (Å²) in [7, 11) is 1.47. The summed E-state index contributed by atoms with van der Waals surface area (Å²) >= 11 is 1.67. The average molecular weight is 466 g/mol. The second kappa shape index (κ2) is 9.85. The number of allylic oxidation sites excluding steroid dienone is 1. The third-order valence-corrected chi connectivity index (χ3v) is 6.94. The Bertz CT molecular complexity index is 1140. The molecule has 2 aromatic carbocycles. The minimum atomic E-state index is -0.712. The Hall–Kier alpha value is -3.03. The summed E-state index contributed by atoms with van der Waals surface area (Å²) in [5.41, 5.74) is 5.47. The zero-order valence-corrected chi connectivity index (χ0v) is 20.0. The molecule has 4 rings (SSSR count). The van der Waals surface area contributed by atoms with Crippen LogP contribution >= 0.6 is 11.8 Å². The van der Waals surface area contributed by atoms with Crippen LogP contribution in [0.1, 0.15) is 36.5 Å². The minimum absolute atomic E-state index is 0.164. The molecule has 0 spiro atoms. The van der Waals surface area contributed by atoms with Crippen LogP contribution in [0.25, 0.3) is 0 Å². The van der Waals surface area contributed by atoms with Crippen LogP contribution in [0.15, 0.2) is 76.0 Å². The molecule has 0 bridgehead atoms. The van der Waals surface area contributed by atoms with Crippen molar-refractivity contribution in [3.05, 3.63) is 87.8 Å². The smallest absolute Gasteiger partial charge is 0.339 e. The second-order valence-electron chi connectivity index (χ2n) is 8.09. The summed E-state index contributed by atoms with van der Waals surface area (Å²) in [5, 5.41) is 3.18. The number of hydrogen-bond donors (Lipinski definition) is 1. The topological polar surface area (TPSA) is 73.9 Å². The van der Waals surface area contributed by atoms with Crippen molar-refractivity contribution in [2.24, 2.45) is 0 Å². The van der Waals surface area contributed by atoms with Crippen LogP contribution in [0.2, 0.25) is 0 Å². The highest BCUT2D eigenvalue weighted by molar-refractivity contribution is 7.98. The molecule has 0 amide bonds. The number of hydrogen-bond acceptors (Lipinski definition) is 7. The first-order valence-electron chi connectivity index (χ1n) is 10.8. The fraction of sp³-hybridized carbons (Fsp3) is 0.308. The maximum absolute atomic E-state index is 13.2. The van der Waals surface area contributed by atoms with Crippen molar-refractivity contribution in [3.63, 3.8) is 0 Å². The molecule has 2 aromatic rings. The monoisotopic (exact) mass is 465 g/mol. The van der Waals surface area contributed by atoms with Crippen molar-refractivity contribution in [2.75, 3.05) is 13.7 Å². The van der Waals surface area contributed by atoms with E-state index in [9.17, 15) is 9.59 Å². The van der Waals surface area contributed by atoms with Gasteiger partial charge < -0.3 is 19.5 Å². The molecule has 0 radical (unpaired) electrons. The fourth-order valence-electron chi connectivity index (χ4n) is 4.01. The van der Waals surface area contributed by atoms with Gasteiger partial charge >= 0.3 is 11.9 Å². The third-order valence-electron chi connectivity index (χ3n) is 5.78. The Labute approximate surface area is 198 Å². The number of carbonyl (C=O) groups is 2. The number of nitrogens with one attached hydrogen (secondary N) is 1. The van der Waals surface area contributed by atoms with Gasteiger partial charge in [0.2, 0.25) is 0 Å². The van der Waals surface area contributed by atoms with Crippen LogP contribution in [0.4, 0.5) is 0 Å². The number of aryl methyl sites for hydroxylation is 1. The Kier molecular flexibility index (Phi) is 6.91. The second-order valence-corrected chi connectivity index (χ2v) is 9.10. The Morgan fingerprint density at radius 2 is 1.91 bits per heavy atom. The van der Waals surface area contributed by atoms with Gasteiger partial charge in [0.1, 0.15) is 6.61 Å². The van der Waals surface area contributed by atoms with Gasteiger partial charge in [-0.05, 0) is 38.0 Å². The molecule has 6 nitrogen and oxygen atoms in total. The van der Waals surface area contributed by atoms with E-state index in [2.05, 4.69) is 36.5 Å². The number of esters is 2. The van der Waals surface area contributed by atoms with Crippen LogP contribution in [-0.2, 0) is 29.6 Å². The molecular formula is C26H27NO5S. The van der Waals surface area contributed by atoms with Gasteiger partial charge in [0.25, 0.3) is 0 Å². The molecule has 0 fully saturated rings. The molecule has 172 valence electrons. The lowest BCUT2D eigenvalue weighted by Crippen LogP contribution is -2.31. The summed E-state index contributed by atoms with van der Waals surface area (Å²) in [6.07, 6.45) is -0.712. The standard InChI is InChI=1S/C26H27NO5S/c1-15-9-11-18(12-10-15)14-33-21-8-6-5-7-19(21)23-22(26(29)32-17(3)30-4)16(2)27-20-13-31-25(28)24(20)23/h5-12,17,23,27H,13-14H2,1-4H3. The van der Waals surface area contributed by atoms with Gasteiger partial charge in [0, 0.05) is 23.5 Å². The van der Waals surface area contributed by atoms with Crippen LogP contribution in [0.3, 0.4) is 0 Å². The van der Waals surface area contributed by atoms with Gasteiger partial charge in [-0.25, -0.2) is 9.59 Å². The lowest BCUT2D eigenvalue weighted by molar-refractivity contribution is -0.165. The SMILES string of the molecule is COC(C)OC(=O)C1=C(C)NC2=C(C(=O)OC2)C1c1ccccc1SCc1ccc(C)cc1. The number of thioether (sulfide) groups is 1. The molecular weight excluding hydrogens is 438 g/mol. The normalized spacial score (nSPS) is 18.5. The predicted octanol–water partition coefficient (Wildman–Crippen LogP) is 4.59. The zero-order chi connectivity index (χ0) is 23.5. The minimum Gasteiger partial charge on any atom is -0.456 e. The number of ether oxygens (including phenoxy) is 3. The molecule has 0 saturated heterocycles. The molecule has 2 atom stereocenters. The molecule has 33 heavy (non-hydrogen) atoms. The average Bonchev–Trinajstić information content (AvgIpc) is 3.17. The fourth-order valence-corrected chi connectivity index (χ4v) is 5.05. The van der Waals surface area contributed by atoms with Gasteiger partial charge in [0.05, 0.1) is 22.8 Å². The molecule has 2 unspecified atom stereocenters. The van der Waals surface area contributed by atoms with Crippen molar-refractivity contribution in [2.45, 2.75) is 43.6 Å². The van der Waals surface area contributed by atoms with E-state index in [4.69, 9.17) is 14.2 Å². The first-order valence-corrected chi connectivity index (χ1v) is 11.8. The lowest BCUT2D eigenvalue weighted by Gasteiger charge is -2.29. The number of dihydropyridines is 1. The summed E-state index contributed by atoms with van der Waals surface area (Å²) in [5.74, 6) is -0.765. The lowest BCUT2D eigenvalue weighted by atomic mass is 9.81. The van der Waals surface area contributed by atoms with Gasteiger partial charge in [-0.2, -0.15) is 0 Å². The van der Waals surface area contributed by atoms with Crippen LogP contribution in [-0.4, -0.2) is 31.9 Å². The summed E-state index contributed by atoms with van der Waals surface area (Å²) in [4.78, 5) is 26.9. The first kappa shape index (κ1) is 23.1. The Morgan fingerprint density at radius 3 is 2.64 bits per heavy atom. The number of cyclic esters (lactones) is 1. The van der Waals surface area contributed by atoms with E-state index >= 15 is 0 Å². The van der Waals surface area contributed by atoms with Crippen molar-refractivity contribution >= 4 is 23.7 Å². The van der Waals surface area contributed by atoms with Crippen molar-refractivity contribution < 1.29 is 23.8 Å². The number of benzene rings is 2. The first-order chi connectivity index (χ1) is 15.9. The van der Waals surface area contributed by atoms with Crippen LogP contribution < -0.4 is 5.32 Å². The summed E-state index contributed by atoms with van der Waals surface area (Å²) in [6, 6.07) is 16.3. The summed E-state index contributed by atoms with van der Waals surface area (Å²) in [6.45, 7) is 5.70. The third kappa shape index (κ3) is 4.84. The molecule has 0 aliphatic carbocycles. The highest BCUT2D eigenvalue weighted by Crippen LogP contribution is 2.44. The van der Waals surface area contributed by atoms with Gasteiger partial charge in [-0.1, -0.05) is 48.0 Å². The van der Waals surface area contributed by atoms with E-state index in [1.54, 1.807) is 18.7 Å². The molecule has 2 aliphatic heterocycles. The van der Waals surface area contributed by atoms with Crippen LogP contribution in [0, 0.1) is 6.92 Å². The maximum atomic E-state index is 13.2. The molecule has 7 heteroatoms. The van der Waals surface area contributed by atoms with E-state index in [0.29, 0.717) is 22.5 Å². The van der Waals surface area contributed by atoms with Crippen molar-refractivity contribution in [3.8, 4) is 0 Å². The van der Waals surface area contributed by atoms with Crippen LogP contribution in [0.5, 0.6) is 0 Å². The van der Waals surface area contributed by atoms with Gasteiger partial charge in [0.15, 0.2) is 6.29 Å². The largest absolute Gasteiger partial charge is 0.456 e. The van der Waals surface area contributed by atoms with E-state index < -0.39 is 24.1 Å². The van der Waals surface area contributed by atoms with E-state index in [1.807, 2.05) is 31.2 Å². The Morgan fingerprint density at radius 1 is 1.18 bits per heavy atom. The Balaban J connectivity index is 1.73. The van der Waals surface area contributed by atoms with E-state index in [1.165, 1.54) is 18.2 Å². The molecule has 0 aromatic heterocycles. The molecule has 0 saturated carbocycles. The predicted molar refractivity (Wildman–Crippen MR) is 126 cm³/mol. The quantitative estimate of drug-likeness (QED) is 0.364. The molecule has 2 aliphatic rings. The molecule has 1 N–H and O–H groups in total. The zero-order valence-electron chi connectivity index (χ0n) is 19.1. The van der Waals surface area contributed by atoms with E-state index in [-0.39, 0.29) is 6.61 Å². The van der Waals surface area contributed by atoms with E-state index in [0.717, 1.165) is 16.2 Å². The highest BCUT2D eigenvalue weighted by atomic mass is 32.2. The maximum Gasteiger partial charge on any atom is 0.339 e. The van der Waals surface area contributed by atoms with Crippen molar-refractivity contribution in [1.82, 2.24) is 5.32 Å². The summed E-state index contributed by atoms with van der Waals surface area (Å²) < 4.78 is 15.9. The highest BCUT2D eigenvalue weighted by Gasteiger charge is 2.43. The van der Waals surface area contributed by atoms with Gasteiger partial charge in [-0.15, -0.1) is 11.8 Å². The van der Waals surface area contributed by atoms with Gasteiger partial charge in [-0.3, -0.25) is 0 Å². The molecule has 2 heterocycles. The number of rotatable bonds is 7. The number of carbonyl (C=O) groups excluding carboxylic acids is 2. The van der Waals surface area contributed by atoms with Crippen molar-refractivity contribution in [1.29, 1.82) is 0 Å².